The fraction of sp³-hybridized carbons (Fsp3) is 0.250. The first-order valence-corrected chi connectivity index (χ1v) is 10.8. The van der Waals surface area contributed by atoms with Gasteiger partial charge in [-0.1, -0.05) is 0 Å². The molecule has 8 nitrogen and oxygen atoms in total. The average Bonchev–Trinajstić information content (AvgIpc) is 3.50. The first-order chi connectivity index (χ1) is 15.7. The number of pyridine rings is 1. The van der Waals surface area contributed by atoms with Crippen LogP contribution in [0.2, 0.25) is 0 Å². The van der Waals surface area contributed by atoms with Crippen molar-refractivity contribution in [2.45, 2.75) is 19.3 Å². The fourth-order valence-electron chi connectivity index (χ4n) is 4.10. The molecule has 8 heteroatoms. The Bertz CT molecular complexity index is 1180. The van der Waals surface area contributed by atoms with Gasteiger partial charge in [0.1, 0.15) is 0 Å². The molecule has 32 heavy (non-hydrogen) atoms. The number of H-pyrrole nitrogens is 1. The molecular formula is C24H24N6O2. The maximum atomic E-state index is 12.4. The molecule has 2 aromatic heterocycles. The Labute approximate surface area is 185 Å². The lowest BCUT2D eigenvalue weighted by atomic mass is 10.1. The normalized spacial score (nSPS) is 15.6. The zero-order chi connectivity index (χ0) is 21.9. The van der Waals surface area contributed by atoms with Crippen molar-refractivity contribution in [3.05, 3.63) is 71.2 Å². The van der Waals surface area contributed by atoms with E-state index in [1.165, 1.54) is 0 Å². The number of anilines is 1. The summed E-state index contributed by atoms with van der Waals surface area (Å²) in [6, 6.07) is 13.0. The van der Waals surface area contributed by atoms with Crippen LogP contribution < -0.4 is 10.7 Å². The number of hydrogen-bond donors (Lipinski definition) is 3. The van der Waals surface area contributed by atoms with Gasteiger partial charge in [0, 0.05) is 54.8 Å². The highest BCUT2D eigenvalue weighted by atomic mass is 16.2. The van der Waals surface area contributed by atoms with E-state index in [1.807, 2.05) is 47.4 Å². The third-order valence-electron chi connectivity index (χ3n) is 5.81. The van der Waals surface area contributed by atoms with Crippen molar-refractivity contribution in [2.24, 2.45) is 5.10 Å². The number of nitrogens with one attached hydrogen (secondary N) is 3. The summed E-state index contributed by atoms with van der Waals surface area (Å²) < 4.78 is 0. The summed E-state index contributed by atoms with van der Waals surface area (Å²) in [5.74, 6) is 0.0454. The number of amides is 2. The van der Waals surface area contributed by atoms with Crippen LogP contribution in [0.5, 0.6) is 0 Å². The number of carbonyl (C=O) groups excluding carboxylic acids is 2. The molecular weight excluding hydrogens is 404 g/mol. The predicted molar refractivity (Wildman–Crippen MR) is 123 cm³/mol. The number of aromatic nitrogens is 2. The van der Waals surface area contributed by atoms with E-state index in [0.29, 0.717) is 23.4 Å². The van der Waals surface area contributed by atoms with Crippen LogP contribution in [0, 0.1) is 0 Å². The maximum absolute atomic E-state index is 12.4. The van der Waals surface area contributed by atoms with Gasteiger partial charge in [-0.25, -0.2) is 0 Å². The van der Waals surface area contributed by atoms with Crippen LogP contribution >= 0.6 is 0 Å². The summed E-state index contributed by atoms with van der Waals surface area (Å²) in [5, 5.41) is 7.13. The molecule has 1 aromatic carbocycles. The van der Waals surface area contributed by atoms with Gasteiger partial charge in [0.2, 0.25) is 0 Å². The van der Waals surface area contributed by atoms with Gasteiger partial charge in [0.15, 0.2) is 0 Å². The Kier molecular flexibility index (Phi) is 5.41. The predicted octanol–water partition coefficient (Wildman–Crippen LogP) is 3.04. The Morgan fingerprint density at radius 1 is 1.12 bits per heavy atom. The molecule has 3 aromatic rings. The number of hydrazone groups is 1. The molecule has 0 atom stereocenters. The van der Waals surface area contributed by atoms with Crippen molar-refractivity contribution < 1.29 is 9.59 Å². The van der Waals surface area contributed by atoms with Crippen molar-refractivity contribution in [2.75, 3.05) is 25.1 Å². The molecule has 0 aliphatic carbocycles. The summed E-state index contributed by atoms with van der Waals surface area (Å²) in [6.07, 6.45) is 6.32. The van der Waals surface area contributed by atoms with Crippen molar-refractivity contribution in [3.8, 4) is 11.3 Å². The molecule has 162 valence electrons. The van der Waals surface area contributed by atoms with Crippen LogP contribution in [0.15, 0.2) is 53.8 Å². The number of fused-ring (bicyclic) bond motifs is 1. The highest BCUT2D eigenvalue weighted by Crippen LogP contribution is 2.24. The van der Waals surface area contributed by atoms with Crippen molar-refractivity contribution in [3.63, 3.8) is 0 Å². The van der Waals surface area contributed by atoms with Gasteiger partial charge in [0.25, 0.3) is 11.8 Å². The van der Waals surface area contributed by atoms with E-state index >= 15 is 0 Å². The van der Waals surface area contributed by atoms with Gasteiger partial charge in [-0.2, -0.15) is 5.10 Å². The van der Waals surface area contributed by atoms with E-state index in [9.17, 15) is 9.59 Å². The lowest BCUT2D eigenvalue weighted by Gasteiger charge is -2.15. The monoisotopic (exact) mass is 428 g/mol. The number of benzene rings is 1. The molecule has 0 spiro atoms. The van der Waals surface area contributed by atoms with E-state index in [4.69, 9.17) is 0 Å². The van der Waals surface area contributed by atoms with Crippen molar-refractivity contribution in [1.29, 1.82) is 0 Å². The first kappa shape index (κ1) is 20.0. The van der Waals surface area contributed by atoms with E-state index in [2.05, 4.69) is 25.8 Å². The zero-order valence-corrected chi connectivity index (χ0v) is 17.6. The molecule has 1 fully saturated rings. The number of rotatable bonds is 5. The smallest absolute Gasteiger partial charge is 0.253 e. The van der Waals surface area contributed by atoms with Crippen LogP contribution in [-0.4, -0.2) is 52.5 Å². The minimum atomic E-state index is -0.0399. The molecule has 2 aliphatic heterocycles. The molecule has 0 saturated carbocycles. The van der Waals surface area contributed by atoms with Gasteiger partial charge >= 0.3 is 0 Å². The Balaban J connectivity index is 1.24. The third-order valence-corrected chi connectivity index (χ3v) is 5.81. The number of carbonyl (C=O) groups is 2. The van der Waals surface area contributed by atoms with Gasteiger partial charge in [0.05, 0.1) is 23.2 Å². The van der Waals surface area contributed by atoms with Crippen LogP contribution in [-0.2, 0) is 6.42 Å². The molecule has 0 bridgehead atoms. The van der Waals surface area contributed by atoms with Gasteiger partial charge in [-0.05, 0) is 55.3 Å². The molecule has 2 amide bonds. The fourth-order valence-corrected chi connectivity index (χ4v) is 4.10. The SMILES string of the molecule is O=C1NCCc2[nH]c(-c3ccnc(C=NNc4ccc(C(=O)N5CCCC5)cc4)c3)cc21. The van der Waals surface area contributed by atoms with E-state index in [1.54, 1.807) is 12.4 Å². The van der Waals surface area contributed by atoms with Gasteiger partial charge in [-0.15, -0.1) is 0 Å². The molecule has 0 radical (unpaired) electrons. The average molecular weight is 428 g/mol. The first-order valence-electron chi connectivity index (χ1n) is 10.8. The number of nitrogens with zero attached hydrogens (tertiary/aromatic N) is 3. The second-order valence-corrected chi connectivity index (χ2v) is 8.00. The lowest BCUT2D eigenvalue weighted by molar-refractivity contribution is 0.0792. The van der Waals surface area contributed by atoms with E-state index in [0.717, 1.165) is 55.0 Å². The van der Waals surface area contributed by atoms with E-state index < -0.39 is 0 Å². The summed E-state index contributed by atoms with van der Waals surface area (Å²) >= 11 is 0. The Morgan fingerprint density at radius 2 is 1.94 bits per heavy atom. The van der Waals surface area contributed by atoms with Crippen LogP contribution in [0.1, 0.15) is 44.9 Å². The quantitative estimate of drug-likeness (QED) is 0.429. The topological polar surface area (TPSA) is 102 Å². The molecule has 3 N–H and O–H groups in total. The van der Waals surface area contributed by atoms with Crippen LogP contribution in [0.3, 0.4) is 0 Å². The Morgan fingerprint density at radius 3 is 2.72 bits per heavy atom. The van der Waals surface area contributed by atoms with Crippen molar-refractivity contribution in [1.82, 2.24) is 20.2 Å². The zero-order valence-electron chi connectivity index (χ0n) is 17.6. The van der Waals surface area contributed by atoms with E-state index in [-0.39, 0.29) is 11.8 Å². The Hall–Kier alpha value is -3.94. The molecule has 1 saturated heterocycles. The van der Waals surface area contributed by atoms with Crippen molar-refractivity contribution >= 4 is 23.7 Å². The van der Waals surface area contributed by atoms with Gasteiger partial charge < -0.3 is 15.2 Å². The number of likely N-dealkylation sites (tertiary alicyclic amines) is 1. The largest absolute Gasteiger partial charge is 0.358 e. The minimum Gasteiger partial charge on any atom is -0.358 e. The maximum Gasteiger partial charge on any atom is 0.253 e. The summed E-state index contributed by atoms with van der Waals surface area (Å²) in [6.45, 7) is 2.33. The highest BCUT2D eigenvalue weighted by molar-refractivity contribution is 5.98. The minimum absolute atomic E-state index is 0.0399. The third kappa shape index (κ3) is 4.12. The molecule has 5 rings (SSSR count). The second kappa shape index (κ2) is 8.66. The number of aromatic amines is 1. The van der Waals surface area contributed by atoms with Crippen LogP contribution in [0.25, 0.3) is 11.3 Å². The van der Waals surface area contributed by atoms with Crippen LogP contribution in [0.4, 0.5) is 5.69 Å². The number of hydrogen-bond acceptors (Lipinski definition) is 5. The summed E-state index contributed by atoms with van der Waals surface area (Å²) in [5.41, 5.74) is 8.63. The highest BCUT2D eigenvalue weighted by Gasteiger charge is 2.20. The summed E-state index contributed by atoms with van der Waals surface area (Å²) in [7, 11) is 0. The molecule has 0 unspecified atom stereocenters. The molecule has 2 aliphatic rings. The second-order valence-electron chi connectivity index (χ2n) is 8.00. The molecule has 4 heterocycles. The standard InChI is InChI=1S/C24H24N6O2/c31-23-20-14-22(28-21(20)8-10-26-23)17-7-9-25-19(13-17)15-27-29-18-5-3-16(4-6-18)24(32)30-11-1-2-12-30/h3-7,9,13-15,28-29H,1-2,8,10-12H2,(H,26,31). The van der Waals surface area contributed by atoms with Gasteiger partial charge in [-0.3, -0.25) is 20.0 Å². The summed E-state index contributed by atoms with van der Waals surface area (Å²) in [4.78, 5) is 34.0. The lowest BCUT2D eigenvalue weighted by Crippen LogP contribution is -2.31.